The Kier molecular flexibility index (Phi) is 2.70. The lowest BCUT2D eigenvalue weighted by Crippen LogP contribution is -2.36. The second-order valence-electron chi connectivity index (χ2n) is 4.73. The van der Waals surface area contributed by atoms with E-state index in [2.05, 4.69) is 31.3 Å². The van der Waals surface area contributed by atoms with Gasteiger partial charge in [0.1, 0.15) is 5.75 Å². The number of methoxy groups -OCH3 is 1. The van der Waals surface area contributed by atoms with Gasteiger partial charge in [-0.15, -0.1) is 0 Å². The van der Waals surface area contributed by atoms with E-state index in [1.165, 1.54) is 12.0 Å². The van der Waals surface area contributed by atoms with Crippen LogP contribution in [0.25, 0.3) is 0 Å². The molecule has 1 aromatic carbocycles. The molecule has 1 heterocycles. The zero-order valence-corrected chi connectivity index (χ0v) is 9.71. The molecular formula is C13H19NO. The quantitative estimate of drug-likeness (QED) is 0.801. The first-order chi connectivity index (χ1) is 7.15. The van der Waals surface area contributed by atoms with Crippen molar-refractivity contribution in [1.29, 1.82) is 0 Å². The topological polar surface area (TPSA) is 21.3 Å². The van der Waals surface area contributed by atoms with Crippen LogP contribution in [0.1, 0.15) is 31.7 Å². The summed E-state index contributed by atoms with van der Waals surface area (Å²) < 4.78 is 5.42. The third kappa shape index (κ3) is 1.86. The molecule has 0 radical (unpaired) electrons. The van der Waals surface area contributed by atoms with Gasteiger partial charge in [-0.05, 0) is 38.4 Å². The maximum Gasteiger partial charge on any atom is 0.122 e. The Balaban J connectivity index is 2.36. The average molecular weight is 205 g/mol. The lowest BCUT2D eigenvalue weighted by molar-refractivity contribution is 0.376. The van der Waals surface area contributed by atoms with Crippen LogP contribution in [0.15, 0.2) is 24.3 Å². The van der Waals surface area contributed by atoms with Crippen molar-refractivity contribution in [2.75, 3.05) is 13.7 Å². The molecular weight excluding hydrogens is 186 g/mol. The molecule has 1 aliphatic heterocycles. The summed E-state index contributed by atoms with van der Waals surface area (Å²) >= 11 is 0. The number of benzene rings is 1. The summed E-state index contributed by atoms with van der Waals surface area (Å²) in [5.74, 6) is 1.56. The summed E-state index contributed by atoms with van der Waals surface area (Å²) in [7, 11) is 1.74. The van der Waals surface area contributed by atoms with Gasteiger partial charge < -0.3 is 10.1 Å². The zero-order chi connectivity index (χ0) is 10.9. The Labute approximate surface area is 91.6 Å². The predicted octanol–water partition coefficient (Wildman–Crippen LogP) is 2.55. The molecule has 1 aromatic rings. The third-order valence-electron chi connectivity index (χ3n) is 3.40. The second-order valence-corrected chi connectivity index (χ2v) is 4.73. The molecule has 0 spiro atoms. The Hall–Kier alpha value is -1.02. The fraction of sp³-hybridized carbons (Fsp3) is 0.538. The predicted molar refractivity (Wildman–Crippen MR) is 62.4 cm³/mol. The number of hydrogen-bond acceptors (Lipinski definition) is 2. The van der Waals surface area contributed by atoms with Gasteiger partial charge in [-0.25, -0.2) is 0 Å². The van der Waals surface area contributed by atoms with E-state index in [1.54, 1.807) is 7.11 Å². The zero-order valence-electron chi connectivity index (χ0n) is 9.71. The fourth-order valence-corrected chi connectivity index (χ4v) is 2.52. The number of rotatable bonds is 2. The van der Waals surface area contributed by atoms with E-state index in [1.807, 2.05) is 12.1 Å². The molecule has 2 heteroatoms. The third-order valence-corrected chi connectivity index (χ3v) is 3.40. The molecule has 0 amide bonds. The van der Waals surface area contributed by atoms with Gasteiger partial charge in [0.2, 0.25) is 0 Å². The van der Waals surface area contributed by atoms with Gasteiger partial charge in [0, 0.05) is 11.5 Å². The highest BCUT2D eigenvalue weighted by Gasteiger charge is 2.36. The van der Waals surface area contributed by atoms with Gasteiger partial charge in [-0.1, -0.05) is 18.2 Å². The fourth-order valence-electron chi connectivity index (χ4n) is 2.52. The normalized spacial score (nSPS) is 24.1. The van der Waals surface area contributed by atoms with Gasteiger partial charge >= 0.3 is 0 Å². The molecule has 1 fully saturated rings. The van der Waals surface area contributed by atoms with Crippen LogP contribution in [0.2, 0.25) is 0 Å². The van der Waals surface area contributed by atoms with Crippen molar-refractivity contribution in [3.8, 4) is 5.75 Å². The van der Waals surface area contributed by atoms with E-state index in [4.69, 9.17) is 4.74 Å². The Morgan fingerprint density at radius 3 is 2.67 bits per heavy atom. The average Bonchev–Trinajstić information content (AvgIpc) is 2.58. The molecule has 0 saturated carbocycles. The summed E-state index contributed by atoms with van der Waals surface area (Å²) in [5.41, 5.74) is 1.50. The van der Waals surface area contributed by atoms with Gasteiger partial charge in [0.05, 0.1) is 7.11 Å². The Bertz CT molecular complexity index is 346. The first kappa shape index (κ1) is 10.5. The van der Waals surface area contributed by atoms with E-state index in [0.717, 1.165) is 12.3 Å². The van der Waals surface area contributed by atoms with Crippen LogP contribution >= 0.6 is 0 Å². The number of ether oxygens (including phenoxy) is 1. The lowest BCUT2D eigenvalue weighted by Gasteiger charge is -2.28. The van der Waals surface area contributed by atoms with E-state index in [-0.39, 0.29) is 5.54 Å². The van der Waals surface area contributed by atoms with Crippen molar-refractivity contribution in [1.82, 2.24) is 5.32 Å². The van der Waals surface area contributed by atoms with Crippen LogP contribution in [-0.2, 0) is 0 Å². The van der Waals surface area contributed by atoms with Gasteiger partial charge in [0.15, 0.2) is 0 Å². The number of nitrogens with one attached hydrogen (secondary N) is 1. The summed E-state index contributed by atoms with van der Waals surface area (Å²) in [4.78, 5) is 0. The highest BCUT2D eigenvalue weighted by Crippen LogP contribution is 2.39. The summed E-state index contributed by atoms with van der Waals surface area (Å²) in [6.45, 7) is 5.62. The SMILES string of the molecule is COc1ccccc1C1CCNC1(C)C. The second kappa shape index (κ2) is 3.86. The summed E-state index contributed by atoms with van der Waals surface area (Å²) in [5, 5.41) is 3.54. The van der Waals surface area contributed by atoms with Crippen LogP contribution in [0.5, 0.6) is 5.75 Å². The monoisotopic (exact) mass is 205 g/mol. The standard InChI is InChI=1S/C13H19NO/c1-13(2)11(8-9-14-13)10-6-4-5-7-12(10)15-3/h4-7,11,14H,8-9H2,1-3H3. The van der Waals surface area contributed by atoms with Crippen LogP contribution in [0.4, 0.5) is 0 Å². The molecule has 1 N–H and O–H groups in total. The molecule has 0 aliphatic carbocycles. The summed E-state index contributed by atoms with van der Waals surface area (Å²) in [6.07, 6.45) is 1.19. The largest absolute Gasteiger partial charge is 0.496 e. The van der Waals surface area contributed by atoms with Crippen molar-refractivity contribution in [2.24, 2.45) is 0 Å². The number of para-hydroxylation sites is 1. The minimum absolute atomic E-state index is 0.175. The van der Waals surface area contributed by atoms with Crippen LogP contribution < -0.4 is 10.1 Å². The molecule has 0 aromatic heterocycles. The van der Waals surface area contributed by atoms with E-state index in [0.29, 0.717) is 5.92 Å². The van der Waals surface area contributed by atoms with Gasteiger partial charge in [-0.3, -0.25) is 0 Å². The van der Waals surface area contributed by atoms with Gasteiger partial charge in [-0.2, -0.15) is 0 Å². The van der Waals surface area contributed by atoms with E-state index >= 15 is 0 Å². The van der Waals surface area contributed by atoms with E-state index < -0.39 is 0 Å². The van der Waals surface area contributed by atoms with E-state index in [9.17, 15) is 0 Å². The molecule has 0 bridgehead atoms. The highest BCUT2D eigenvalue weighted by molar-refractivity contribution is 5.38. The Morgan fingerprint density at radius 1 is 1.33 bits per heavy atom. The van der Waals surface area contributed by atoms with Crippen molar-refractivity contribution in [3.05, 3.63) is 29.8 Å². The van der Waals surface area contributed by atoms with Crippen molar-refractivity contribution in [2.45, 2.75) is 31.7 Å². The first-order valence-electron chi connectivity index (χ1n) is 5.53. The van der Waals surface area contributed by atoms with Crippen molar-refractivity contribution < 1.29 is 4.74 Å². The lowest BCUT2D eigenvalue weighted by atomic mass is 9.83. The molecule has 1 saturated heterocycles. The molecule has 15 heavy (non-hydrogen) atoms. The Morgan fingerprint density at radius 2 is 2.07 bits per heavy atom. The number of hydrogen-bond donors (Lipinski definition) is 1. The molecule has 82 valence electrons. The van der Waals surface area contributed by atoms with Crippen molar-refractivity contribution in [3.63, 3.8) is 0 Å². The van der Waals surface area contributed by atoms with Crippen LogP contribution in [0.3, 0.4) is 0 Å². The maximum atomic E-state index is 5.42. The highest BCUT2D eigenvalue weighted by atomic mass is 16.5. The minimum atomic E-state index is 0.175. The molecule has 1 atom stereocenters. The smallest absolute Gasteiger partial charge is 0.122 e. The minimum Gasteiger partial charge on any atom is -0.496 e. The molecule has 1 aliphatic rings. The van der Waals surface area contributed by atoms with Gasteiger partial charge in [0.25, 0.3) is 0 Å². The molecule has 2 rings (SSSR count). The first-order valence-corrected chi connectivity index (χ1v) is 5.53. The maximum absolute atomic E-state index is 5.42. The molecule has 1 unspecified atom stereocenters. The van der Waals surface area contributed by atoms with Crippen molar-refractivity contribution >= 4 is 0 Å². The summed E-state index contributed by atoms with van der Waals surface area (Å²) in [6, 6.07) is 8.34. The molecule has 2 nitrogen and oxygen atoms in total. The van der Waals surface area contributed by atoms with Crippen LogP contribution in [-0.4, -0.2) is 19.2 Å². The van der Waals surface area contributed by atoms with Crippen LogP contribution in [0, 0.1) is 0 Å².